The van der Waals surface area contributed by atoms with E-state index in [1.54, 1.807) is 0 Å². The molecule has 0 aromatic rings. The summed E-state index contributed by atoms with van der Waals surface area (Å²) in [4.78, 5) is 2.47. The van der Waals surface area contributed by atoms with Crippen LogP contribution in [0.1, 0.15) is 46.0 Å². The molecule has 1 heterocycles. The van der Waals surface area contributed by atoms with Gasteiger partial charge in [-0.2, -0.15) is 0 Å². The largest absolute Gasteiger partial charge is 0.304 e. The van der Waals surface area contributed by atoms with Crippen LogP contribution in [0, 0.1) is 0 Å². The molecule has 0 radical (unpaired) electrons. The van der Waals surface area contributed by atoms with Gasteiger partial charge in [0.25, 0.3) is 0 Å². The van der Waals surface area contributed by atoms with E-state index in [-0.39, 0.29) is 0 Å². The first-order valence-electron chi connectivity index (χ1n) is 5.53. The van der Waals surface area contributed by atoms with Gasteiger partial charge in [0.15, 0.2) is 0 Å². The van der Waals surface area contributed by atoms with Crippen molar-refractivity contribution in [2.45, 2.75) is 52.0 Å². The molecule has 1 aliphatic heterocycles. The number of hydrogen-bond donors (Lipinski definition) is 0. The minimum absolute atomic E-state index is 0.826. The molecular formula is C12H25N. The fourth-order valence-corrected chi connectivity index (χ4v) is 1.42. The summed E-state index contributed by atoms with van der Waals surface area (Å²) in [6.07, 6.45) is 8.64. The molecule has 13 heavy (non-hydrogen) atoms. The highest BCUT2D eigenvalue weighted by Gasteiger charge is 2.11. The maximum atomic E-state index is 3.48. The normalized spacial score (nSPS) is 24.1. The van der Waals surface area contributed by atoms with E-state index in [9.17, 15) is 0 Å². The zero-order valence-electron chi connectivity index (χ0n) is 9.55. The maximum absolute atomic E-state index is 3.48. The summed E-state index contributed by atoms with van der Waals surface area (Å²) in [5.74, 6) is 0. The van der Waals surface area contributed by atoms with Gasteiger partial charge in [0.2, 0.25) is 0 Å². The van der Waals surface area contributed by atoms with Crippen molar-refractivity contribution < 1.29 is 0 Å². The summed E-state index contributed by atoms with van der Waals surface area (Å²) in [6.45, 7) is 9.17. The second-order valence-corrected chi connectivity index (χ2v) is 3.88. The molecule has 1 unspecified atom stereocenters. The smallest absolute Gasteiger partial charge is 0.00638 e. The standard InChI is InChI=1S/C8H17N.C4H8/c1-8-6-4-3-5-7-9(8)2;1-3-4-2/h8H,3-7H2,1-2H3;3H,1,4H2,2H3. The van der Waals surface area contributed by atoms with Crippen molar-refractivity contribution in [3.8, 4) is 0 Å². The Morgan fingerprint density at radius 3 is 2.54 bits per heavy atom. The third-order valence-corrected chi connectivity index (χ3v) is 2.67. The Kier molecular flexibility index (Phi) is 8.11. The quantitative estimate of drug-likeness (QED) is 0.563. The highest BCUT2D eigenvalue weighted by molar-refractivity contribution is 4.67. The Morgan fingerprint density at radius 1 is 1.38 bits per heavy atom. The fourth-order valence-electron chi connectivity index (χ4n) is 1.42. The zero-order valence-corrected chi connectivity index (χ0v) is 9.55. The minimum atomic E-state index is 0.826. The Bertz CT molecular complexity index is 110. The molecule has 1 rings (SSSR count). The average Bonchev–Trinajstić information content (AvgIpc) is 2.33. The number of allylic oxidation sites excluding steroid dienone is 1. The summed E-state index contributed by atoms with van der Waals surface area (Å²) < 4.78 is 0. The van der Waals surface area contributed by atoms with Gasteiger partial charge in [-0.25, -0.2) is 0 Å². The van der Waals surface area contributed by atoms with Crippen LogP contribution in [-0.2, 0) is 0 Å². The lowest BCUT2D eigenvalue weighted by Gasteiger charge is -2.20. The molecule has 0 saturated carbocycles. The molecule has 0 amide bonds. The van der Waals surface area contributed by atoms with Gasteiger partial charge in [0, 0.05) is 6.04 Å². The van der Waals surface area contributed by atoms with E-state index in [0.717, 1.165) is 12.5 Å². The highest BCUT2D eigenvalue weighted by Crippen LogP contribution is 2.13. The molecule has 1 fully saturated rings. The van der Waals surface area contributed by atoms with Gasteiger partial charge < -0.3 is 4.90 Å². The molecule has 1 aliphatic rings. The van der Waals surface area contributed by atoms with Gasteiger partial charge in [-0.1, -0.05) is 25.8 Å². The SMILES string of the molecule is C=CCC.CC1CCCCCN1C. The van der Waals surface area contributed by atoms with Gasteiger partial charge in [-0.3, -0.25) is 0 Å². The third kappa shape index (κ3) is 6.83. The van der Waals surface area contributed by atoms with Gasteiger partial charge in [-0.05, 0) is 39.8 Å². The van der Waals surface area contributed by atoms with Crippen LogP contribution < -0.4 is 0 Å². The second-order valence-electron chi connectivity index (χ2n) is 3.88. The highest BCUT2D eigenvalue weighted by atomic mass is 15.1. The van der Waals surface area contributed by atoms with E-state index in [0.29, 0.717) is 0 Å². The van der Waals surface area contributed by atoms with Crippen LogP contribution >= 0.6 is 0 Å². The first kappa shape index (κ1) is 12.7. The molecule has 0 aromatic carbocycles. The lowest BCUT2D eigenvalue weighted by atomic mass is 10.1. The Hall–Kier alpha value is -0.300. The molecule has 78 valence electrons. The summed E-state index contributed by atoms with van der Waals surface area (Å²) in [7, 11) is 2.23. The van der Waals surface area contributed by atoms with Gasteiger partial charge in [-0.15, -0.1) is 6.58 Å². The van der Waals surface area contributed by atoms with E-state index in [1.165, 1.54) is 32.2 Å². The molecule has 0 aliphatic carbocycles. The summed E-state index contributed by atoms with van der Waals surface area (Å²) in [5, 5.41) is 0. The maximum Gasteiger partial charge on any atom is 0.00638 e. The van der Waals surface area contributed by atoms with Crippen LogP contribution in [-0.4, -0.2) is 24.5 Å². The van der Waals surface area contributed by atoms with Crippen LogP contribution in [0.4, 0.5) is 0 Å². The van der Waals surface area contributed by atoms with Crippen molar-refractivity contribution in [2.75, 3.05) is 13.6 Å². The Labute approximate surface area is 83.8 Å². The average molecular weight is 183 g/mol. The van der Waals surface area contributed by atoms with Gasteiger partial charge in [0.05, 0.1) is 0 Å². The van der Waals surface area contributed by atoms with Crippen molar-refractivity contribution in [3.63, 3.8) is 0 Å². The monoisotopic (exact) mass is 183 g/mol. The zero-order chi connectivity index (χ0) is 10.1. The number of likely N-dealkylation sites (tertiary alicyclic amines) is 1. The van der Waals surface area contributed by atoms with E-state index in [4.69, 9.17) is 0 Å². The summed E-state index contributed by atoms with van der Waals surface area (Å²) in [6, 6.07) is 0.826. The number of rotatable bonds is 1. The van der Waals surface area contributed by atoms with Crippen LogP contribution in [0.2, 0.25) is 0 Å². The van der Waals surface area contributed by atoms with E-state index in [2.05, 4.69) is 32.4 Å². The van der Waals surface area contributed by atoms with Gasteiger partial charge >= 0.3 is 0 Å². The molecule has 1 saturated heterocycles. The molecule has 0 bridgehead atoms. The Balaban J connectivity index is 0.000000310. The topological polar surface area (TPSA) is 3.24 Å². The van der Waals surface area contributed by atoms with E-state index < -0.39 is 0 Å². The van der Waals surface area contributed by atoms with Crippen molar-refractivity contribution in [3.05, 3.63) is 12.7 Å². The predicted octanol–water partition coefficient (Wildman–Crippen LogP) is 3.46. The fraction of sp³-hybridized carbons (Fsp3) is 0.833. The first-order valence-corrected chi connectivity index (χ1v) is 5.53. The summed E-state index contributed by atoms with van der Waals surface area (Å²) >= 11 is 0. The lowest BCUT2D eigenvalue weighted by Crippen LogP contribution is -2.27. The molecule has 0 aromatic heterocycles. The van der Waals surface area contributed by atoms with Crippen molar-refractivity contribution in [1.29, 1.82) is 0 Å². The van der Waals surface area contributed by atoms with E-state index in [1.807, 2.05) is 6.08 Å². The molecule has 0 N–H and O–H groups in total. The predicted molar refractivity (Wildman–Crippen MR) is 61.0 cm³/mol. The van der Waals surface area contributed by atoms with E-state index >= 15 is 0 Å². The van der Waals surface area contributed by atoms with Crippen molar-refractivity contribution in [2.24, 2.45) is 0 Å². The lowest BCUT2D eigenvalue weighted by molar-refractivity contribution is 0.264. The third-order valence-electron chi connectivity index (χ3n) is 2.67. The minimum Gasteiger partial charge on any atom is -0.304 e. The summed E-state index contributed by atoms with van der Waals surface area (Å²) in [5.41, 5.74) is 0. The molecule has 1 atom stereocenters. The van der Waals surface area contributed by atoms with Crippen LogP contribution in [0.25, 0.3) is 0 Å². The molecule has 1 heteroatoms. The van der Waals surface area contributed by atoms with Crippen LogP contribution in [0.5, 0.6) is 0 Å². The van der Waals surface area contributed by atoms with Crippen molar-refractivity contribution >= 4 is 0 Å². The van der Waals surface area contributed by atoms with Crippen molar-refractivity contribution in [1.82, 2.24) is 4.90 Å². The number of nitrogens with zero attached hydrogens (tertiary/aromatic N) is 1. The molecule has 0 spiro atoms. The van der Waals surface area contributed by atoms with Crippen LogP contribution in [0.15, 0.2) is 12.7 Å². The Morgan fingerprint density at radius 2 is 2.00 bits per heavy atom. The molecule has 1 nitrogen and oxygen atoms in total. The second kappa shape index (κ2) is 8.31. The molecular weight excluding hydrogens is 158 g/mol. The van der Waals surface area contributed by atoms with Crippen LogP contribution in [0.3, 0.4) is 0 Å². The van der Waals surface area contributed by atoms with Gasteiger partial charge in [0.1, 0.15) is 0 Å². The number of hydrogen-bond acceptors (Lipinski definition) is 1. The first-order chi connectivity index (χ1) is 6.22.